The molecule has 0 fully saturated rings. The molecule has 18 heavy (non-hydrogen) atoms. The molecule has 0 saturated carbocycles. The van der Waals surface area contributed by atoms with Gasteiger partial charge in [0.2, 0.25) is 5.91 Å². The van der Waals surface area contributed by atoms with Crippen LogP contribution in [-0.4, -0.2) is 19.0 Å². The van der Waals surface area contributed by atoms with Gasteiger partial charge in [0.05, 0.1) is 6.54 Å². The van der Waals surface area contributed by atoms with E-state index in [0.717, 1.165) is 25.1 Å². The molecule has 0 aliphatic heterocycles. The fraction of sp³-hybridized carbons (Fsp3) is 0.533. The Morgan fingerprint density at radius 2 is 2.00 bits per heavy atom. The van der Waals surface area contributed by atoms with Crippen LogP contribution in [0, 0.1) is 5.92 Å². The summed E-state index contributed by atoms with van der Waals surface area (Å²) in [6.07, 6.45) is 2.15. The fourth-order valence-electron chi connectivity index (χ4n) is 1.74. The van der Waals surface area contributed by atoms with Crippen LogP contribution >= 0.6 is 0 Å². The molecule has 0 bridgehead atoms. The highest BCUT2D eigenvalue weighted by Crippen LogP contribution is 2.16. The molecule has 0 aliphatic rings. The molecule has 100 valence electrons. The van der Waals surface area contributed by atoms with Crippen LogP contribution in [0.25, 0.3) is 0 Å². The smallest absolute Gasteiger partial charge is 0.239 e. The highest BCUT2D eigenvalue weighted by molar-refractivity contribution is 5.80. The molecular weight excluding hydrogens is 224 g/mol. The molecule has 3 nitrogen and oxygen atoms in total. The predicted octanol–water partition coefficient (Wildman–Crippen LogP) is 2.82. The lowest BCUT2D eigenvalue weighted by molar-refractivity contribution is -0.119. The van der Waals surface area contributed by atoms with Gasteiger partial charge in [-0.3, -0.25) is 4.79 Å². The molecule has 0 aromatic heterocycles. The lowest BCUT2D eigenvalue weighted by Gasteiger charge is -2.12. The first kappa shape index (κ1) is 14.6. The molecule has 1 rings (SSSR count). The van der Waals surface area contributed by atoms with Crippen LogP contribution in [0.2, 0.25) is 0 Å². The van der Waals surface area contributed by atoms with Gasteiger partial charge in [-0.2, -0.15) is 0 Å². The minimum absolute atomic E-state index is 0.0509. The van der Waals surface area contributed by atoms with Crippen molar-refractivity contribution in [2.75, 3.05) is 18.4 Å². The first-order chi connectivity index (χ1) is 8.63. The number of benzene rings is 1. The Hall–Kier alpha value is -1.51. The van der Waals surface area contributed by atoms with Crippen LogP contribution in [0.1, 0.15) is 32.8 Å². The summed E-state index contributed by atoms with van der Waals surface area (Å²) in [7, 11) is 0. The summed E-state index contributed by atoms with van der Waals surface area (Å²) in [6, 6.07) is 8.17. The van der Waals surface area contributed by atoms with Crippen molar-refractivity contribution in [1.29, 1.82) is 0 Å². The predicted molar refractivity (Wildman–Crippen MR) is 76.8 cm³/mol. The Bertz CT molecular complexity index is 375. The number of rotatable bonds is 7. The number of carbonyl (C=O) groups excluding carboxylic acids is 1. The molecule has 0 spiro atoms. The molecule has 1 aromatic carbocycles. The van der Waals surface area contributed by atoms with Gasteiger partial charge < -0.3 is 10.6 Å². The lowest BCUT2D eigenvalue weighted by Crippen LogP contribution is -2.32. The van der Waals surface area contributed by atoms with Crippen molar-refractivity contribution in [3.05, 3.63) is 29.8 Å². The Kier molecular flexibility index (Phi) is 6.26. The third-order valence-electron chi connectivity index (χ3n) is 2.68. The van der Waals surface area contributed by atoms with Crippen molar-refractivity contribution in [2.24, 2.45) is 5.92 Å². The molecular formula is C15H24N2O. The summed E-state index contributed by atoms with van der Waals surface area (Å²) in [5.74, 6) is 0.538. The van der Waals surface area contributed by atoms with Crippen LogP contribution in [0.15, 0.2) is 24.3 Å². The number of nitrogens with one attached hydrogen (secondary N) is 2. The normalized spacial score (nSPS) is 10.4. The van der Waals surface area contributed by atoms with E-state index in [2.05, 4.69) is 37.5 Å². The van der Waals surface area contributed by atoms with Crippen molar-refractivity contribution in [1.82, 2.24) is 5.32 Å². The van der Waals surface area contributed by atoms with E-state index in [1.165, 1.54) is 5.56 Å². The van der Waals surface area contributed by atoms with E-state index < -0.39 is 0 Å². The van der Waals surface area contributed by atoms with E-state index in [1.54, 1.807) is 0 Å². The summed E-state index contributed by atoms with van der Waals surface area (Å²) < 4.78 is 0. The largest absolute Gasteiger partial charge is 0.376 e. The standard InChI is InChI=1S/C15H24N2O/c1-4-7-13-8-5-6-9-14(13)16-11-15(18)17-10-12(2)3/h5-6,8-9,12,16H,4,7,10-11H2,1-3H3,(H,17,18). The van der Waals surface area contributed by atoms with Crippen molar-refractivity contribution >= 4 is 11.6 Å². The number of amides is 1. The Morgan fingerprint density at radius 1 is 1.28 bits per heavy atom. The molecule has 3 heteroatoms. The minimum Gasteiger partial charge on any atom is -0.376 e. The van der Waals surface area contributed by atoms with Gasteiger partial charge in [-0.25, -0.2) is 0 Å². The molecule has 0 atom stereocenters. The van der Waals surface area contributed by atoms with Gasteiger partial charge in [0.15, 0.2) is 0 Å². The van der Waals surface area contributed by atoms with E-state index in [1.807, 2.05) is 18.2 Å². The fourth-order valence-corrected chi connectivity index (χ4v) is 1.74. The van der Waals surface area contributed by atoms with Gasteiger partial charge in [0.25, 0.3) is 0 Å². The number of aryl methyl sites for hydroxylation is 1. The molecule has 1 aromatic rings. The Balaban J connectivity index is 2.45. The quantitative estimate of drug-likeness (QED) is 0.779. The molecule has 0 radical (unpaired) electrons. The Morgan fingerprint density at radius 3 is 2.67 bits per heavy atom. The average molecular weight is 248 g/mol. The summed E-state index contributed by atoms with van der Waals surface area (Å²) in [5.41, 5.74) is 2.34. The summed E-state index contributed by atoms with van der Waals surface area (Å²) in [6.45, 7) is 7.41. The molecule has 2 N–H and O–H groups in total. The van der Waals surface area contributed by atoms with Gasteiger partial charge >= 0.3 is 0 Å². The van der Waals surface area contributed by atoms with Crippen molar-refractivity contribution in [3.8, 4) is 0 Å². The number of anilines is 1. The van der Waals surface area contributed by atoms with E-state index in [4.69, 9.17) is 0 Å². The molecule has 0 saturated heterocycles. The highest BCUT2D eigenvalue weighted by atomic mass is 16.1. The van der Waals surface area contributed by atoms with E-state index >= 15 is 0 Å². The topological polar surface area (TPSA) is 41.1 Å². The van der Waals surface area contributed by atoms with Crippen LogP contribution in [0.4, 0.5) is 5.69 Å². The molecule has 1 amide bonds. The average Bonchev–Trinajstić information content (AvgIpc) is 2.35. The third-order valence-corrected chi connectivity index (χ3v) is 2.68. The second kappa shape index (κ2) is 7.75. The SMILES string of the molecule is CCCc1ccccc1NCC(=O)NCC(C)C. The summed E-state index contributed by atoms with van der Waals surface area (Å²) >= 11 is 0. The van der Waals surface area contributed by atoms with Crippen LogP contribution < -0.4 is 10.6 Å². The van der Waals surface area contributed by atoms with Gasteiger partial charge in [-0.15, -0.1) is 0 Å². The maximum atomic E-state index is 11.6. The van der Waals surface area contributed by atoms with Crippen molar-refractivity contribution in [3.63, 3.8) is 0 Å². The first-order valence-electron chi connectivity index (χ1n) is 6.72. The van der Waals surface area contributed by atoms with Gasteiger partial charge in [0, 0.05) is 12.2 Å². The molecule has 0 aliphatic carbocycles. The lowest BCUT2D eigenvalue weighted by atomic mass is 10.1. The maximum Gasteiger partial charge on any atom is 0.239 e. The minimum atomic E-state index is 0.0509. The zero-order valence-corrected chi connectivity index (χ0v) is 11.6. The van der Waals surface area contributed by atoms with Crippen LogP contribution in [0.5, 0.6) is 0 Å². The van der Waals surface area contributed by atoms with Crippen molar-refractivity contribution < 1.29 is 4.79 Å². The Labute approximate surface area is 110 Å². The molecule has 0 heterocycles. The number of carbonyl (C=O) groups is 1. The highest BCUT2D eigenvalue weighted by Gasteiger charge is 2.04. The van der Waals surface area contributed by atoms with Gasteiger partial charge in [0.1, 0.15) is 0 Å². The number of para-hydroxylation sites is 1. The summed E-state index contributed by atoms with van der Waals surface area (Å²) in [5, 5.41) is 6.11. The maximum absolute atomic E-state index is 11.6. The van der Waals surface area contributed by atoms with E-state index in [-0.39, 0.29) is 5.91 Å². The van der Waals surface area contributed by atoms with Gasteiger partial charge in [-0.1, -0.05) is 45.4 Å². The van der Waals surface area contributed by atoms with Gasteiger partial charge in [-0.05, 0) is 24.0 Å². The number of hydrogen-bond donors (Lipinski definition) is 2. The van der Waals surface area contributed by atoms with E-state index in [9.17, 15) is 4.79 Å². The van der Waals surface area contributed by atoms with E-state index in [0.29, 0.717) is 12.5 Å². The van der Waals surface area contributed by atoms with Crippen LogP contribution in [0.3, 0.4) is 0 Å². The third kappa shape index (κ3) is 5.21. The second-order valence-corrected chi connectivity index (χ2v) is 4.96. The second-order valence-electron chi connectivity index (χ2n) is 4.96. The zero-order chi connectivity index (χ0) is 13.4. The van der Waals surface area contributed by atoms with Crippen molar-refractivity contribution in [2.45, 2.75) is 33.6 Å². The molecule has 0 unspecified atom stereocenters. The first-order valence-corrected chi connectivity index (χ1v) is 6.72. The number of hydrogen-bond acceptors (Lipinski definition) is 2. The summed E-state index contributed by atoms with van der Waals surface area (Å²) in [4.78, 5) is 11.6. The van der Waals surface area contributed by atoms with Crippen LogP contribution in [-0.2, 0) is 11.2 Å². The zero-order valence-electron chi connectivity index (χ0n) is 11.6. The monoisotopic (exact) mass is 248 g/mol.